The van der Waals surface area contributed by atoms with Gasteiger partial charge >= 0.3 is 11.9 Å². The van der Waals surface area contributed by atoms with E-state index in [1.807, 2.05) is 5.06 Å². The average molecular weight is 426 g/mol. The minimum Gasteiger partial charge on any atom is -0.481 e. The minimum absolute atomic E-state index is 0.00967. The van der Waals surface area contributed by atoms with Crippen molar-refractivity contribution in [3.05, 3.63) is 0 Å². The summed E-state index contributed by atoms with van der Waals surface area (Å²) in [6.45, 7) is 12.6. The van der Waals surface area contributed by atoms with Gasteiger partial charge in [0.15, 0.2) is 0 Å². The summed E-state index contributed by atoms with van der Waals surface area (Å²) in [5.74, 6) is -0.852. The predicted molar refractivity (Wildman–Crippen MR) is 118 cm³/mol. The number of piperazine rings is 1. The molecule has 2 N–H and O–H groups in total. The van der Waals surface area contributed by atoms with Crippen molar-refractivity contribution >= 4 is 11.9 Å². The van der Waals surface area contributed by atoms with Gasteiger partial charge in [-0.25, -0.2) is 0 Å². The standard InChI is InChI=1S/C23H43N3O4/c1-22(2)17-24-18-23(3,4)26(22)19(11-7-5-8-12-20(27)28)13-14-21(29)30-25-15-9-6-10-16-25/h19,24H,5-18H2,1-4H3,(H,27,28). The number of carboxylic acid groups (broad SMARTS) is 1. The van der Waals surface area contributed by atoms with Crippen LogP contribution in [-0.2, 0) is 14.4 Å². The van der Waals surface area contributed by atoms with Gasteiger partial charge in [-0.3, -0.25) is 14.5 Å². The molecule has 2 heterocycles. The Hall–Kier alpha value is -1.18. The number of unbranched alkanes of at least 4 members (excludes halogenated alkanes) is 2. The van der Waals surface area contributed by atoms with Gasteiger partial charge in [0.2, 0.25) is 0 Å². The highest BCUT2D eigenvalue weighted by atomic mass is 16.7. The summed E-state index contributed by atoms with van der Waals surface area (Å²) < 4.78 is 0. The smallest absolute Gasteiger partial charge is 0.325 e. The number of hydroxylamine groups is 2. The molecule has 0 aliphatic carbocycles. The van der Waals surface area contributed by atoms with Crippen LogP contribution in [0.2, 0.25) is 0 Å². The van der Waals surface area contributed by atoms with Crippen LogP contribution in [0.1, 0.15) is 91.9 Å². The molecule has 2 fully saturated rings. The van der Waals surface area contributed by atoms with Crippen LogP contribution in [0.25, 0.3) is 0 Å². The summed E-state index contributed by atoms with van der Waals surface area (Å²) in [7, 11) is 0. The van der Waals surface area contributed by atoms with E-state index >= 15 is 0 Å². The summed E-state index contributed by atoms with van der Waals surface area (Å²) in [6.07, 6.45) is 8.41. The van der Waals surface area contributed by atoms with E-state index in [0.29, 0.717) is 12.8 Å². The number of aliphatic carboxylic acids is 1. The van der Waals surface area contributed by atoms with Crippen LogP contribution in [0.3, 0.4) is 0 Å². The number of carboxylic acids is 1. The lowest BCUT2D eigenvalue weighted by Gasteiger charge is -2.56. The van der Waals surface area contributed by atoms with E-state index in [2.05, 4.69) is 37.9 Å². The molecule has 0 aromatic heterocycles. The molecule has 0 amide bonds. The van der Waals surface area contributed by atoms with Gasteiger partial charge in [-0.1, -0.05) is 19.3 Å². The van der Waals surface area contributed by atoms with E-state index in [-0.39, 0.29) is 29.5 Å². The Morgan fingerprint density at radius 2 is 1.57 bits per heavy atom. The van der Waals surface area contributed by atoms with Gasteiger partial charge in [-0.05, 0) is 59.8 Å². The van der Waals surface area contributed by atoms with Crippen molar-refractivity contribution in [1.29, 1.82) is 0 Å². The van der Waals surface area contributed by atoms with Gasteiger partial charge in [0.1, 0.15) is 0 Å². The molecule has 0 radical (unpaired) electrons. The SMILES string of the molecule is CC1(C)CNCC(C)(C)N1C(CCCCCC(=O)O)CCC(=O)ON1CCCCC1. The molecule has 2 aliphatic rings. The summed E-state index contributed by atoms with van der Waals surface area (Å²) in [4.78, 5) is 31.5. The third kappa shape index (κ3) is 7.82. The number of nitrogens with one attached hydrogen (secondary N) is 1. The lowest BCUT2D eigenvalue weighted by Crippen LogP contribution is -2.70. The van der Waals surface area contributed by atoms with E-state index < -0.39 is 5.97 Å². The molecule has 30 heavy (non-hydrogen) atoms. The Balaban J connectivity index is 1.97. The highest BCUT2D eigenvalue weighted by molar-refractivity contribution is 5.69. The maximum absolute atomic E-state index is 12.5. The molecule has 7 nitrogen and oxygen atoms in total. The van der Waals surface area contributed by atoms with Gasteiger partial charge in [0.25, 0.3) is 0 Å². The molecule has 174 valence electrons. The van der Waals surface area contributed by atoms with Crippen molar-refractivity contribution in [2.75, 3.05) is 26.2 Å². The molecule has 1 unspecified atom stereocenters. The van der Waals surface area contributed by atoms with E-state index in [9.17, 15) is 9.59 Å². The van der Waals surface area contributed by atoms with Gasteiger partial charge in [0, 0.05) is 56.1 Å². The molecule has 2 rings (SSSR count). The van der Waals surface area contributed by atoms with Crippen molar-refractivity contribution in [3.8, 4) is 0 Å². The van der Waals surface area contributed by atoms with Crippen LogP contribution in [0.15, 0.2) is 0 Å². The summed E-state index contributed by atoms with van der Waals surface area (Å²) in [5.41, 5.74) is -0.0193. The van der Waals surface area contributed by atoms with E-state index in [1.54, 1.807) is 0 Å². The third-order valence-electron chi connectivity index (χ3n) is 6.44. The molecule has 0 spiro atoms. The first-order chi connectivity index (χ1) is 14.1. The number of carbonyl (C=O) groups excluding carboxylic acids is 1. The second-order valence-electron chi connectivity index (χ2n) is 10.2. The van der Waals surface area contributed by atoms with Crippen LogP contribution in [0.5, 0.6) is 0 Å². The lowest BCUT2D eigenvalue weighted by molar-refractivity contribution is -0.195. The summed E-state index contributed by atoms with van der Waals surface area (Å²) in [6, 6.07) is 0.274. The van der Waals surface area contributed by atoms with Crippen molar-refractivity contribution in [2.45, 2.75) is 109 Å². The normalized spacial score (nSPS) is 23.1. The van der Waals surface area contributed by atoms with E-state index in [4.69, 9.17) is 9.94 Å². The topological polar surface area (TPSA) is 82.1 Å². The Labute approximate surface area is 182 Å². The van der Waals surface area contributed by atoms with Crippen LogP contribution in [0.4, 0.5) is 0 Å². The van der Waals surface area contributed by atoms with Gasteiger partial charge in [0.05, 0.1) is 0 Å². The Morgan fingerprint density at radius 3 is 2.17 bits per heavy atom. The third-order valence-corrected chi connectivity index (χ3v) is 6.44. The largest absolute Gasteiger partial charge is 0.481 e. The Kier molecular flexibility index (Phi) is 9.57. The minimum atomic E-state index is -0.726. The fraction of sp³-hybridized carbons (Fsp3) is 0.913. The van der Waals surface area contributed by atoms with E-state index in [0.717, 1.165) is 64.7 Å². The number of piperidine rings is 1. The molecule has 0 aromatic carbocycles. The summed E-state index contributed by atoms with van der Waals surface area (Å²) >= 11 is 0. The lowest BCUT2D eigenvalue weighted by atomic mass is 9.84. The van der Waals surface area contributed by atoms with E-state index in [1.165, 1.54) is 6.42 Å². The quantitative estimate of drug-likeness (QED) is 0.490. The first-order valence-corrected chi connectivity index (χ1v) is 11.8. The maximum Gasteiger partial charge on any atom is 0.325 e. The van der Waals surface area contributed by atoms with Crippen molar-refractivity contribution in [2.24, 2.45) is 0 Å². The van der Waals surface area contributed by atoms with Crippen LogP contribution >= 0.6 is 0 Å². The van der Waals surface area contributed by atoms with Crippen molar-refractivity contribution in [1.82, 2.24) is 15.3 Å². The van der Waals surface area contributed by atoms with Crippen molar-refractivity contribution in [3.63, 3.8) is 0 Å². The molecule has 7 heteroatoms. The molecule has 2 aliphatic heterocycles. The molecule has 0 bridgehead atoms. The Morgan fingerprint density at radius 1 is 0.933 bits per heavy atom. The number of nitrogens with zero attached hydrogens (tertiary/aromatic N) is 2. The molecular weight excluding hydrogens is 382 g/mol. The fourth-order valence-corrected chi connectivity index (χ4v) is 5.32. The zero-order valence-electron chi connectivity index (χ0n) is 19.5. The van der Waals surface area contributed by atoms with Gasteiger partial charge in [-0.2, -0.15) is 0 Å². The zero-order chi connectivity index (χ0) is 22.2. The first-order valence-electron chi connectivity index (χ1n) is 11.8. The molecule has 0 saturated carbocycles. The van der Waals surface area contributed by atoms with Crippen LogP contribution in [0, 0.1) is 0 Å². The number of hydrogen-bond donors (Lipinski definition) is 2. The second kappa shape index (κ2) is 11.4. The monoisotopic (exact) mass is 425 g/mol. The number of rotatable bonds is 11. The number of hydrogen-bond acceptors (Lipinski definition) is 6. The zero-order valence-corrected chi connectivity index (χ0v) is 19.5. The van der Waals surface area contributed by atoms with Crippen molar-refractivity contribution < 1.29 is 19.5 Å². The van der Waals surface area contributed by atoms with Crippen LogP contribution in [-0.4, -0.2) is 70.3 Å². The highest BCUT2D eigenvalue weighted by Crippen LogP contribution is 2.34. The molecular formula is C23H43N3O4. The molecule has 0 aromatic rings. The van der Waals surface area contributed by atoms with Gasteiger partial charge in [-0.15, -0.1) is 5.06 Å². The Bertz CT molecular complexity index is 543. The average Bonchev–Trinajstić information content (AvgIpc) is 2.64. The predicted octanol–water partition coefficient (Wildman–Crippen LogP) is 3.58. The van der Waals surface area contributed by atoms with Crippen LogP contribution < -0.4 is 5.32 Å². The fourth-order valence-electron chi connectivity index (χ4n) is 5.32. The summed E-state index contributed by atoms with van der Waals surface area (Å²) in [5, 5.41) is 14.3. The highest BCUT2D eigenvalue weighted by Gasteiger charge is 2.44. The second-order valence-corrected chi connectivity index (χ2v) is 10.2. The maximum atomic E-state index is 12.5. The molecule has 1 atom stereocenters. The number of carbonyl (C=O) groups is 2. The van der Waals surface area contributed by atoms with Gasteiger partial charge < -0.3 is 15.3 Å². The first kappa shape index (κ1) is 25.1. The molecule has 2 saturated heterocycles.